The van der Waals surface area contributed by atoms with Gasteiger partial charge in [-0.1, -0.05) is 38.1 Å². The molecule has 2 heterocycles. The van der Waals surface area contributed by atoms with E-state index in [1.54, 1.807) is 0 Å². The monoisotopic (exact) mass is 273 g/mol. The third kappa shape index (κ3) is 2.36. The summed E-state index contributed by atoms with van der Waals surface area (Å²) in [6, 6.07) is 8.08. The fourth-order valence-corrected chi connectivity index (χ4v) is 2.72. The Hall–Kier alpha value is -1.68. The van der Waals surface area contributed by atoms with E-state index in [1.165, 1.54) is 5.56 Å². The number of aromatic nitrogens is 2. The Balaban J connectivity index is 1.93. The lowest BCUT2D eigenvalue weighted by Gasteiger charge is -2.22. The molecule has 2 aromatic rings. The van der Waals surface area contributed by atoms with Gasteiger partial charge in [-0.15, -0.1) is 0 Å². The van der Waals surface area contributed by atoms with E-state index in [9.17, 15) is 4.39 Å². The number of nitrogens with zero attached hydrogens (tertiary/aromatic N) is 2. The Labute approximate surface area is 118 Å². The molecule has 0 saturated heterocycles. The number of hydrogen-bond acceptors (Lipinski definition) is 2. The second kappa shape index (κ2) is 5.02. The number of alkyl halides is 1. The zero-order valence-corrected chi connectivity index (χ0v) is 11.9. The Kier molecular flexibility index (Phi) is 3.34. The maximum absolute atomic E-state index is 13.5. The lowest BCUT2D eigenvalue weighted by atomic mass is 10.0. The van der Waals surface area contributed by atoms with Crippen molar-refractivity contribution in [1.82, 2.24) is 9.55 Å². The van der Waals surface area contributed by atoms with Gasteiger partial charge in [0.1, 0.15) is 12.0 Å². The lowest BCUT2D eigenvalue weighted by Crippen LogP contribution is -2.29. The first-order valence-corrected chi connectivity index (χ1v) is 7.11. The highest BCUT2D eigenvalue weighted by Gasteiger charge is 2.26. The van der Waals surface area contributed by atoms with Crippen LogP contribution in [0.2, 0.25) is 0 Å². The molecule has 0 amide bonds. The molecule has 2 N–H and O–H groups in total. The van der Waals surface area contributed by atoms with Gasteiger partial charge in [0.15, 0.2) is 0 Å². The van der Waals surface area contributed by atoms with Crippen molar-refractivity contribution in [2.75, 3.05) is 0 Å². The first-order valence-electron chi connectivity index (χ1n) is 7.11. The average molecular weight is 273 g/mol. The second-order valence-corrected chi connectivity index (χ2v) is 5.85. The van der Waals surface area contributed by atoms with Crippen molar-refractivity contribution in [1.29, 1.82) is 0 Å². The minimum Gasteiger partial charge on any atom is -0.330 e. The minimum absolute atomic E-state index is 0.303. The molecule has 1 aromatic heterocycles. The normalized spacial score (nSPS) is 22.1. The van der Waals surface area contributed by atoms with Crippen molar-refractivity contribution in [2.45, 2.75) is 44.9 Å². The number of halogens is 1. The standard InChI is InChI=1S/C16H20FN3/c1-10(2)11-3-5-12(6-4-11)15-9-20-8-13(17)7-14(18)16(20)19-15/h3-6,9-10,13-14H,7-8,18H2,1-2H3. The molecule has 1 aromatic carbocycles. The molecule has 0 saturated carbocycles. The zero-order valence-electron chi connectivity index (χ0n) is 11.9. The Bertz CT molecular complexity index is 601. The molecule has 0 bridgehead atoms. The molecule has 0 aliphatic carbocycles. The van der Waals surface area contributed by atoms with Crippen LogP contribution in [0.5, 0.6) is 0 Å². The largest absolute Gasteiger partial charge is 0.330 e. The van der Waals surface area contributed by atoms with Gasteiger partial charge in [0.05, 0.1) is 18.3 Å². The molecule has 1 aliphatic rings. The highest BCUT2D eigenvalue weighted by Crippen LogP contribution is 2.28. The van der Waals surface area contributed by atoms with Gasteiger partial charge in [0, 0.05) is 18.2 Å². The van der Waals surface area contributed by atoms with Crippen LogP contribution in [0.25, 0.3) is 11.3 Å². The number of hydrogen-bond donors (Lipinski definition) is 1. The second-order valence-electron chi connectivity index (χ2n) is 5.85. The summed E-state index contributed by atoms with van der Waals surface area (Å²) in [5.41, 5.74) is 9.20. The van der Waals surface area contributed by atoms with Gasteiger partial charge in [-0.2, -0.15) is 0 Å². The summed E-state index contributed by atoms with van der Waals surface area (Å²) >= 11 is 0. The first-order chi connectivity index (χ1) is 9.54. The maximum Gasteiger partial charge on any atom is 0.126 e. The van der Waals surface area contributed by atoms with E-state index < -0.39 is 6.17 Å². The molecule has 20 heavy (non-hydrogen) atoms. The fraction of sp³-hybridized carbons (Fsp3) is 0.438. The number of imidazole rings is 1. The van der Waals surface area contributed by atoms with E-state index in [0.29, 0.717) is 18.9 Å². The highest BCUT2D eigenvalue weighted by molar-refractivity contribution is 5.59. The molecule has 3 rings (SSSR count). The summed E-state index contributed by atoms with van der Waals surface area (Å²) < 4.78 is 15.4. The molecule has 4 heteroatoms. The average Bonchev–Trinajstić information content (AvgIpc) is 2.83. The van der Waals surface area contributed by atoms with Gasteiger partial charge >= 0.3 is 0 Å². The number of fused-ring (bicyclic) bond motifs is 1. The third-order valence-electron chi connectivity index (χ3n) is 3.92. The molecule has 0 radical (unpaired) electrons. The zero-order chi connectivity index (χ0) is 14.3. The number of nitrogens with two attached hydrogens (primary N) is 1. The van der Waals surface area contributed by atoms with Crippen molar-refractivity contribution in [3.05, 3.63) is 41.9 Å². The van der Waals surface area contributed by atoms with Gasteiger partial charge < -0.3 is 10.3 Å². The molecule has 0 fully saturated rings. The molecule has 106 valence electrons. The van der Waals surface area contributed by atoms with Gasteiger partial charge in [0.2, 0.25) is 0 Å². The first kappa shape index (κ1) is 13.3. The van der Waals surface area contributed by atoms with E-state index >= 15 is 0 Å². The van der Waals surface area contributed by atoms with Crippen LogP contribution in [0.1, 0.15) is 43.6 Å². The van der Waals surface area contributed by atoms with Crippen molar-refractivity contribution in [2.24, 2.45) is 5.73 Å². The molecular formula is C16H20FN3. The molecule has 2 unspecified atom stereocenters. The topological polar surface area (TPSA) is 43.8 Å². The summed E-state index contributed by atoms with van der Waals surface area (Å²) in [5.74, 6) is 1.31. The molecule has 0 spiro atoms. The van der Waals surface area contributed by atoms with Gasteiger partial charge in [-0.3, -0.25) is 0 Å². The van der Waals surface area contributed by atoms with E-state index in [4.69, 9.17) is 5.73 Å². The third-order valence-corrected chi connectivity index (χ3v) is 3.92. The smallest absolute Gasteiger partial charge is 0.126 e. The van der Waals surface area contributed by atoms with Crippen LogP contribution in [0.15, 0.2) is 30.5 Å². The van der Waals surface area contributed by atoms with E-state index in [1.807, 2.05) is 10.8 Å². The van der Waals surface area contributed by atoms with Crippen LogP contribution in [0.4, 0.5) is 4.39 Å². The van der Waals surface area contributed by atoms with Crippen molar-refractivity contribution in [3.8, 4) is 11.3 Å². The predicted octanol–water partition coefficient (Wildman–Crippen LogP) is 3.42. The molecule has 1 aliphatic heterocycles. The van der Waals surface area contributed by atoms with Gasteiger partial charge in [0.25, 0.3) is 0 Å². The number of benzene rings is 1. The summed E-state index contributed by atoms with van der Waals surface area (Å²) in [4.78, 5) is 4.58. The quantitative estimate of drug-likeness (QED) is 0.911. The maximum atomic E-state index is 13.5. The van der Waals surface area contributed by atoms with Crippen LogP contribution in [0.3, 0.4) is 0 Å². The summed E-state index contributed by atoms with van der Waals surface area (Å²) in [7, 11) is 0. The summed E-state index contributed by atoms with van der Waals surface area (Å²) in [5, 5.41) is 0. The predicted molar refractivity (Wildman–Crippen MR) is 78.2 cm³/mol. The van der Waals surface area contributed by atoms with E-state index in [-0.39, 0.29) is 6.04 Å². The SMILES string of the molecule is CC(C)c1ccc(-c2cn3c(n2)C(N)CC(F)C3)cc1. The van der Waals surface area contributed by atoms with E-state index in [2.05, 4.69) is 43.1 Å². The molecule has 3 nitrogen and oxygen atoms in total. The van der Waals surface area contributed by atoms with Crippen LogP contribution < -0.4 is 5.73 Å². The number of rotatable bonds is 2. The van der Waals surface area contributed by atoms with Crippen LogP contribution >= 0.6 is 0 Å². The Morgan fingerprint density at radius 3 is 2.65 bits per heavy atom. The Morgan fingerprint density at radius 1 is 1.30 bits per heavy atom. The highest BCUT2D eigenvalue weighted by atomic mass is 19.1. The fourth-order valence-electron chi connectivity index (χ4n) is 2.72. The minimum atomic E-state index is -0.872. The summed E-state index contributed by atoms with van der Waals surface area (Å²) in [6.07, 6.45) is 1.40. The lowest BCUT2D eigenvalue weighted by molar-refractivity contribution is 0.230. The van der Waals surface area contributed by atoms with E-state index in [0.717, 1.165) is 17.1 Å². The summed E-state index contributed by atoms with van der Waals surface area (Å²) in [6.45, 7) is 4.70. The molecule has 2 atom stereocenters. The van der Waals surface area contributed by atoms with Gasteiger partial charge in [-0.05, 0) is 11.5 Å². The van der Waals surface area contributed by atoms with Crippen LogP contribution in [0, 0.1) is 0 Å². The van der Waals surface area contributed by atoms with Crippen LogP contribution in [-0.2, 0) is 6.54 Å². The molecular weight excluding hydrogens is 253 g/mol. The van der Waals surface area contributed by atoms with Crippen LogP contribution in [-0.4, -0.2) is 15.7 Å². The van der Waals surface area contributed by atoms with Crippen molar-refractivity contribution in [3.63, 3.8) is 0 Å². The van der Waals surface area contributed by atoms with Crippen molar-refractivity contribution < 1.29 is 4.39 Å². The van der Waals surface area contributed by atoms with Gasteiger partial charge in [-0.25, -0.2) is 9.37 Å². The van der Waals surface area contributed by atoms with Crippen molar-refractivity contribution >= 4 is 0 Å². The Morgan fingerprint density at radius 2 is 2.00 bits per heavy atom.